The molecule has 96 valence electrons. The van der Waals surface area contributed by atoms with E-state index in [-0.39, 0.29) is 11.8 Å². The zero-order valence-electron chi connectivity index (χ0n) is 10.4. The van der Waals surface area contributed by atoms with Crippen LogP contribution in [0.2, 0.25) is 0 Å². The zero-order chi connectivity index (χ0) is 12.8. The average molecular weight is 246 g/mol. The molecule has 0 aromatic carbocycles. The van der Waals surface area contributed by atoms with E-state index < -0.39 is 0 Å². The van der Waals surface area contributed by atoms with E-state index >= 15 is 0 Å². The highest BCUT2D eigenvalue weighted by molar-refractivity contribution is 5.79. The van der Waals surface area contributed by atoms with Crippen LogP contribution in [0.15, 0.2) is 31.1 Å². The van der Waals surface area contributed by atoms with Crippen molar-refractivity contribution in [3.63, 3.8) is 0 Å². The normalized spacial score (nSPS) is 16.3. The number of piperidine rings is 1. The van der Waals surface area contributed by atoms with E-state index in [1.165, 1.54) is 0 Å². The molecular weight excluding hydrogens is 228 g/mol. The number of hydrogen-bond acceptors (Lipinski definition) is 4. The quantitative estimate of drug-likeness (QED) is 0.805. The lowest BCUT2D eigenvalue weighted by atomic mass is 9.96. The first-order chi connectivity index (χ1) is 8.81. The molecule has 0 radical (unpaired) electrons. The lowest BCUT2D eigenvalue weighted by Crippen LogP contribution is -2.41. The van der Waals surface area contributed by atoms with E-state index in [0.29, 0.717) is 6.54 Å². The lowest BCUT2D eigenvalue weighted by molar-refractivity contribution is -0.125. The summed E-state index contributed by atoms with van der Waals surface area (Å²) in [6.07, 6.45) is 6.88. The second-order valence-corrected chi connectivity index (χ2v) is 4.34. The van der Waals surface area contributed by atoms with Gasteiger partial charge in [0.15, 0.2) is 0 Å². The molecule has 2 heterocycles. The van der Waals surface area contributed by atoms with Gasteiger partial charge in [-0.2, -0.15) is 0 Å². The van der Waals surface area contributed by atoms with Crippen molar-refractivity contribution in [2.24, 2.45) is 5.92 Å². The minimum atomic E-state index is 0.102. The van der Waals surface area contributed by atoms with Crippen LogP contribution in [0.25, 0.3) is 0 Å². The van der Waals surface area contributed by atoms with Crippen LogP contribution < -0.4 is 10.2 Å². The van der Waals surface area contributed by atoms with Crippen LogP contribution >= 0.6 is 0 Å². The van der Waals surface area contributed by atoms with Crippen molar-refractivity contribution < 1.29 is 4.79 Å². The van der Waals surface area contributed by atoms with Gasteiger partial charge in [-0.15, -0.1) is 6.58 Å². The summed E-state index contributed by atoms with van der Waals surface area (Å²) in [5.41, 5.74) is 0. The van der Waals surface area contributed by atoms with E-state index in [4.69, 9.17) is 0 Å². The molecule has 1 aromatic rings. The van der Waals surface area contributed by atoms with Crippen LogP contribution in [0.1, 0.15) is 12.8 Å². The van der Waals surface area contributed by atoms with E-state index in [2.05, 4.69) is 26.8 Å². The zero-order valence-corrected chi connectivity index (χ0v) is 10.4. The summed E-state index contributed by atoms with van der Waals surface area (Å²) >= 11 is 0. The van der Waals surface area contributed by atoms with Crippen molar-refractivity contribution in [3.05, 3.63) is 31.1 Å². The van der Waals surface area contributed by atoms with Crippen LogP contribution in [-0.2, 0) is 4.79 Å². The molecule has 0 bridgehead atoms. The van der Waals surface area contributed by atoms with E-state index in [1.54, 1.807) is 24.5 Å². The molecule has 0 aliphatic carbocycles. The maximum Gasteiger partial charge on any atom is 0.225 e. The van der Waals surface area contributed by atoms with Crippen LogP contribution in [0.3, 0.4) is 0 Å². The molecule has 0 atom stereocenters. The van der Waals surface area contributed by atoms with Crippen LogP contribution in [-0.4, -0.2) is 35.5 Å². The van der Waals surface area contributed by atoms with Crippen molar-refractivity contribution in [1.82, 2.24) is 15.3 Å². The summed E-state index contributed by atoms with van der Waals surface area (Å²) in [5, 5.41) is 2.85. The van der Waals surface area contributed by atoms with Gasteiger partial charge in [-0.05, 0) is 18.9 Å². The maximum absolute atomic E-state index is 11.8. The molecule has 1 saturated heterocycles. The molecule has 18 heavy (non-hydrogen) atoms. The summed E-state index contributed by atoms with van der Waals surface area (Å²) in [4.78, 5) is 22.4. The molecule has 5 nitrogen and oxygen atoms in total. The number of nitrogens with one attached hydrogen (secondary N) is 1. The molecular formula is C13H18N4O. The minimum absolute atomic E-state index is 0.102. The Labute approximate surface area is 107 Å². The first-order valence-electron chi connectivity index (χ1n) is 6.22. The molecule has 2 rings (SSSR count). The van der Waals surface area contributed by atoms with Crippen molar-refractivity contribution in [2.75, 3.05) is 24.5 Å². The van der Waals surface area contributed by atoms with Gasteiger partial charge in [-0.3, -0.25) is 4.79 Å². The number of amides is 1. The highest BCUT2D eigenvalue weighted by Crippen LogP contribution is 2.20. The predicted molar refractivity (Wildman–Crippen MR) is 70.2 cm³/mol. The molecule has 0 spiro atoms. The first-order valence-corrected chi connectivity index (χ1v) is 6.22. The van der Waals surface area contributed by atoms with Crippen LogP contribution in [0, 0.1) is 5.92 Å². The molecule has 1 aromatic heterocycles. The molecule has 5 heteroatoms. The molecule has 0 saturated carbocycles. The number of aromatic nitrogens is 2. The van der Waals surface area contributed by atoms with Gasteiger partial charge >= 0.3 is 0 Å². The number of carbonyl (C=O) groups excluding carboxylic acids is 1. The van der Waals surface area contributed by atoms with E-state index in [0.717, 1.165) is 31.9 Å². The smallest absolute Gasteiger partial charge is 0.225 e. The topological polar surface area (TPSA) is 58.1 Å². The lowest BCUT2D eigenvalue weighted by Gasteiger charge is -2.31. The Morgan fingerprint density at radius 1 is 1.44 bits per heavy atom. The van der Waals surface area contributed by atoms with Crippen LogP contribution in [0.5, 0.6) is 0 Å². The SMILES string of the molecule is C=CCNC(=O)C1CCN(c2ncccn2)CC1. The Kier molecular flexibility index (Phi) is 4.28. The Morgan fingerprint density at radius 2 is 2.11 bits per heavy atom. The van der Waals surface area contributed by atoms with Gasteiger partial charge in [0.1, 0.15) is 0 Å². The van der Waals surface area contributed by atoms with Gasteiger partial charge in [-0.1, -0.05) is 6.08 Å². The molecule has 1 fully saturated rings. The third-order valence-corrected chi connectivity index (χ3v) is 3.12. The van der Waals surface area contributed by atoms with Crippen molar-refractivity contribution in [1.29, 1.82) is 0 Å². The van der Waals surface area contributed by atoms with Crippen molar-refractivity contribution >= 4 is 11.9 Å². The molecule has 1 aliphatic rings. The minimum Gasteiger partial charge on any atom is -0.352 e. The predicted octanol–water partition coefficient (Wildman–Crippen LogP) is 0.995. The second-order valence-electron chi connectivity index (χ2n) is 4.34. The number of hydrogen-bond donors (Lipinski definition) is 1. The molecule has 1 N–H and O–H groups in total. The van der Waals surface area contributed by atoms with E-state index in [9.17, 15) is 4.79 Å². The summed E-state index contributed by atoms with van der Waals surface area (Å²) in [6, 6.07) is 1.80. The van der Waals surface area contributed by atoms with Gasteiger partial charge < -0.3 is 10.2 Å². The van der Waals surface area contributed by atoms with Gasteiger partial charge in [0.2, 0.25) is 11.9 Å². The number of anilines is 1. The summed E-state index contributed by atoms with van der Waals surface area (Å²) < 4.78 is 0. The standard InChI is InChI=1S/C13H18N4O/c1-2-6-14-12(18)11-4-9-17(10-5-11)13-15-7-3-8-16-13/h2-3,7-8,11H,1,4-6,9-10H2,(H,14,18). The first kappa shape index (κ1) is 12.5. The average Bonchev–Trinajstić information content (AvgIpc) is 2.46. The fourth-order valence-corrected chi connectivity index (χ4v) is 2.11. The Balaban J connectivity index is 1.84. The fourth-order valence-electron chi connectivity index (χ4n) is 2.11. The highest BCUT2D eigenvalue weighted by Gasteiger charge is 2.25. The third-order valence-electron chi connectivity index (χ3n) is 3.12. The number of nitrogens with zero attached hydrogens (tertiary/aromatic N) is 3. The van der Waals surface area contributed by atoms with Gasteiger partial charge in [0.05, 0.1) is 0 Å². The van der Waals surface area contributed by atoms with Crippen LogP contribution in [0.4, 0.5) is 5.95 Å². The largest absolute Gasteiger partial charge is 0.352 e. The highest BCUT2D eigenvalue weighted by atomic mass is 16.1. The fraction of sp³-hybridized carbons (Fsp3) is 0.462. The monoisotopic (exact) mass is 246 g/mol. The third kappa shape index (κ3) is 3.06. The second kappa shape index (κ2) is 6.14. The Bertz CT molecular complexity index is 399. The van der Waals surface area contributed by atoms with Gasteiger partial charge in [-0.25, -0.2) is 9.97 Å². The molecule has 1 aliphatic heterocycles. The summed E-state index contributed by atoms with van der Waals surface area (Å²) in [6.45, 7) is 5.79. The Hall–Kier alpha value is -1.91. The molecule has 1 amide bonds. The van der Waals surface area contributed by atoms with Crippen molar-refractivity contribution in [3.8, 4) is 0 Å². The van der Waals surface area contributed by atoms with Crippen molar-refractivity contribution in [2.45, 2.75) is 12.8 Å². The number of rotatable bonds is 4. The summed E-state index contributed by atoms with van der Waals surface area (Å²) in [7, 11) is 0. The van der Waals surface area contributed by atoms with E-state index in [1.807, 2.05) is 0 Å². The maximum atomic E-state index is 11.8. The molecule has 0 unspecified atom stereocenters. The summed E-state index contributed by atoms with van der Waals surface area (Å²) in [5.74, 6) is 0.982. The van der Waals surface area contributed by atoms with Gasteiger partial charge in [0, 0.05) is 37.9 Å². The Morgan fingerprint density at radius 3 is 2.72 bits per heavy atom. The van der Waals surface area contributed by atoms with Gasteiger partial charge in [0.25, 0.3) is 0 Å². The number of carbonyl (C=O) groups is 1.